The van der Waals surface area contributed by atoms with E-state index in [9.17, 15) is 23.2 Å². The second-order valence-electron chi connectivity index (χ2n) is 5.62. The normalized spacial score (nSPS) is 14.4. The lowest BCUT2D eigenvalue weighted by Crippen LogP contribution is -2.40. The van der Waals surface area contributed by atoms with E-state index in [2.05, 4.69) is 0 Å². The number of hydrogen-bond donors (Lipinski definition) is 0. The molecule has 0 saturated heterocycles. The highest BCUT2D eigenvalue weighted by Gasteiger charge is 2.41. The van der Waals surface area contributed by atoms with Crippen LogP contribution in [0.25, 0.3) is 0 Å². The molecule has 6 nitrogen and oxygen atoms in total. The van der Waals surface area contributed by atoms with E-state index in [0.29, 0.717) is 5.06 Å². The van der Waals surface area contributed by atoms with Gasteiger partial charge in [-0.2, -0.15) is 0 Å². The second kappa shape index (κ2) is 6.41. The summed E-state index contributed by atoms with van der Waals surface area (Å²) in [5.41, 5.74) is -1.03. The lowest BCUT2D eigenvalue weighted by Gasteiger charge is -2.24. The number of fused-ring (bicyclic) bond motifs is 1. The van der Waals surface area contributed by atoms with Crippen LogP contribution in [0.2, 0.25) is 0 Å². The van der Waals surface area contributed by atoms with E-state index in [4.69, 9.17) is 9.57 Å². The average Bonchev–Trinajstić information content (AvgIpc) is 2.72. The summed E-state index contributed by atoms with van der Waals surface area (Å²) in [7, 11) is 0. The Kier molecular flexibility index (Phi) is 4.74. The van der Waals surface area contributed by atoms with Crippen LogP contribution in [0.5, 0.6) is 0 Å². The molecule has 1 aliphatic rings. The number of hydrogen-bond acceptors (Lipinski definition) is 5. The molecule has 0 radical (unpaired) electrons. The Bertz CT molecular complexity index is 610. The first kappa shape index (κ1) is 17.0. The van der Waals surface area contributed by atoms with Gasteiger partial charge in [0.1, 0.15) is 6.61 Å². The summed E-state index contributed by atoms with van der Waals surface area (Å²) in [5.74, 6) is -2.42. The Morgan fingerprint density at radius 2 is 1.70 bits per heavy atom. The molecule has 0 aliphatic carbocycles. The number of rotatable bonds is 6. The first-order valence-corrected chi connectivity index (χ1v) is 6.80. The Morgan fingerprint density at radius 3 is 2.17 bits per heavy atom. The molecule has 23 heavy (non-hydrogen) atoms. The van der Waals surface area contributed by atoms with Crippen LogP contribution >= 0.6 is 0 Å². The van der Waals surface area contributed by atoms with Crippen LogP contribution in [-0.2, 0) is 14.4 Å². The molecule has 1 heterocycles. The number of alkyl halides is 2. The summed E-state index contributed by atoms with van der Waals surface area (Å²) in [6, 6.07) is 6.05. The third kappa shape index (κ3) is 3.53. The highest BCUT2D eigenvalue weighted by molar-refractivity contribution is 6.20. The van der Waals surface area contributed by atoms with Gasteiger partial charge in [-0.15, -0.1) is 0 Å². The summed E-state index contributed by atoms with van der Waals surface area (Å²) < 4.78 is 28.8. The smallest absolute Gasteiger partial charge is 0.341 e. The molecule has 1 aromatic carbocycles. The van der Waals surface area contributed by atoms with E-state index in [1.165, 1.54) is 26.0 Å². The van der Waals surface area contributed by atoms with Crippen molar-refractivity contribution in [1.29, 1.82) is 0 Å². The fraction of sp³-hybridized carbons (Fsp3) is 0.400. The van der Waals surface area contributed by atoms with Crippen LogP contribution in [0.1, 0.15) is 34.6 Å². The van der Waals surface area contributed by atoms with Gasteiger partial charge in [-0.25, -0.2) is 13.6 Å². The Morgan fingerprint density at radius 1 is 1.17 bits per heavy atom. The fourth-order valence-corrected chi connectivity index (χ4v) is 1.92. The molecular weight excluding hydrogens is 312 g/mol. The van der Waals surface area contributed by atoms with Crippen LogP contribution in [-0.4, -0.2) is 42.5 Å². The maximum absolute atomic E-state index is 12.1. The van der Waals surface area contributed by atoms with E-state index < -0.39 is 36.2 Å². The van der Waals surface area contributed by atoms with Crippen LogP contribution in [0.4, 0.5) is 8.78 Å². The highest BCUT2D eigenvalue weighted by atomic mass is 19.3. The van der Waals surface area contributed by atoms with Crippen molar-refractivity contribution >= 4 is 17.8 Å². The van der Waals surface area contributed by atoms with Gasteiger partial charge in [0.2, 0.25) is 0 Å². The zero-order chi connectivity index (χ0) is 17.2. The number of imide groups is 1. The van der Waals surface area contributed by atoms with E-state index in [-0.39, 0.29) is 17.7 Å². The van der Waals surface area contributed by atoms with Crippen molar-refractivity contribution in [3.05, 3.63) is 35.4 Å². The molecule has 0 fully saturated rings. The van der Waals surface area contributed by atoms with Gasteiger partial charge < -0.3 is 9.57 Å². The van der Waals surface area contributed by atoms with Gasteiger partial charge in [0.15, 0.2) is 0 Å². The lowest BCUT2D eigenvalue weighted by molar-refractivity contribution is -0.183. The molecule has 1 aliphatic heterocycles. The number of amides is 2. The van der Waals surface area contributed by atoms with Crippen molar-refractivity contribution in [1.82, 2.24) is 5.06 Å². The van der Waals surface area contributed by atoms with E-state index in [0.717, 1.165) is 0 Å². The molecule has 2 amide bonds. The number of carbonyl (C=O) groups excluding carboxylic acids is 3. The number of carbonyl (C=O) groups is 3. The second-order valence-corrected chi connectivity index (χ2v) is 5.62. The molecule has 1 aromatic rings. The van der Waals surface area contributed by atoms with E-state index in [1.807, 2.05) is 0 Å². The van der Waals surface area contributed by atoms with Gasteiger partial charge in [0.25, 0.3) is 18.2 Å². The van der Waals surface area contributed by atoms with E-state index >= 15 is 0 Å². The van der Waals surface area contributed by atoms with E-state index in [1.54, 1.807) is 12.1 Å². The van der Waals surface area contributed by atoms with Crippen LogP contribution in [0.15, 0.2) is 24.3 Å². The number of benzene rings is 1. The number of hydroxylamine groups is 2. The third-order valence-corrected chi connectivity index (χ3v) is 3.19. The fourth-order valence-electron chi connectivity index (χ4n) is 1.92. The van der Waals surface area contributed by atoms with Crippen molar-refractivity contribution < 1.29 is 32.7 Å². The monoisotopic (exact) mass is 327 g/mol. The maximum Gasteiger partial charge on any atom is 0.341 e. The predicted molar refractivity (Wildman–Crippen MR) is 73.6 cm³/mol. The van der Waals surface area contributed by atoms with Gasteiger partial charge in [0.05, 0.1) is 23.1 Å². The molecular formula is C15H15F2NO5. The molecule has 124 valence electrons. The highest BCUT2D eigenvalue weighted by Crippen LogP contribution is 2.25. The molecule has 0 unspecified atom stereocenters. The van der Waals surface area contributed by atoms with Crippen molar-refractivity contribution in [2.45, 2.75) is 20.3 Å². The van der Waals surface area contributed by atoms with Gasteiger partial charge >= 0.3 is 5.97 Å². The van der Waals surface area contributed by atoms with Crippen LogP contribution < -0.4 is 0 Å². The molecule has 0 saturated carbocycles. The summed E-state index contributed by atoms with van der Waals surface area (Å²) in [6.07, 6.45) is -2.65. The van der Waals surface area contributed by atoms with Gasteiger partial charge in [0, 0.05) is 0 Å². The topological polar surface area (TPSA) is 72.9 Å². The Balaban J connectivity index is 2.03. The van der Waals surface area contributed by atoms with Gasteiger partial charge in [-0.1, -0.05) is 17.2 Å². The van der Waals surface area contributed by atoms with Crippen molar-refractivity contribution in [2.75, 3.05) is 13.2 Å². The zero-order valence-corrected chi connectivity index (χ0v) is 12.5. The molecule has 0 atom stereocenters. The van der Waals surface area contributed by atoms with Crippen molar-refractivity contribution in [3.8, 4) is 0 Å². The minimum atomic E-state index is -2.65. The van der Waals surface area contributed by atoms with Crippen LogP contribution in [0, 0.1) is 5.41 Å². The third-order valence-electron chi connectivity index (χ3n) is 3.19. The largest absolute Gasteiger partial charge is 0.374 e. The Labute approximate surface area is 130 Å². The first-order valence-electron chi connectivity index (χ1n) is 6.80. The van der Waals surface area contributed by atoms with Crippen molar-refractivity contribution in [3.63, 3.8) is 0 Å². The minimum Gasteiger partial charge on any atom is -0.374 e. The number of ether oxygens (including phenoxy) is 1. The maximum atomic E-state index is 12.1. The Hall–Kier alpha value is -2.35. The zero-order valence-electron chi connectivity index (χ0n) is 12.5. The molecule has 8 heteroatoms. The standard InChI is InChI=1S/C15H15F2NO5/c1-15(2,8-22-7-11(16)17)14(21)23-18-12(19)9-5-3-4-6-10(9)13(18)20/h3-6,11H,7-8H2,1-2H3. The summed E-state index contributed by atoms with van der Waals surface area (Å²) in [5, 5.41) is 0.377. The van der Waals surface area contributed by atoms with Gasteiger partial charge in [-0.05, 0) is 26.0 Å². The molecule has 0 spiro atoms. The molecule has 2 rings (SSSR count). The number of halogens is 2. The summed E-state index contributed by atoms with van der Waals surface area (Å²) in [4.78, 5) is 41.1. The SMILES string of the molecule is CC(C)(COCC(F)F)C(=O)ON1C(=O)c2ccccc2C1=O. The first-order chi connectivity index (χ1) is 10.7. The summed E-state index contributed by atoms with van der Waals surface area (Å²) >= 11 is 0. The predicted octanol–water partition coefficient (Wildman–Crippen LogP) is 2.05. The average molecular weight is 327 g/mol. The lowest BCUT2D eigenvalue weighted by atomic mass is 9.95. The summed E-state index contributed by atoms with van der Waals surface area (Å²) in [6.45, 7) is 1.65. The molecule has 0 aromatic heterocycles. The quantitative estimate of drug-likeness (QED) is 0.748. The molecule has 0 bridgehead atoms. The van der Waals surface area contributed by atoms with Crippen LogP contribution in [0.3, 0.4) is 0 Å². The number of nitrogens with zero attached hydrogens (tertiary/aromatic N) is 1. The molecule has 0 N–H and O–H groups in total. The van der Waals surface area contributed by atoms with Gasteiger partial charge in [-0.3, -0.25) is 9.59 Å². The van der Waals surface area contributed by atoms with Crippen molar-refractivity contribution in [2.24, 2.45) is 5.41 Å². The minimum absolute atomic E-state index is 0.136.